The van der Waals surface area contributed by atoms with Gasteiger partial charge in [0.15, 0.2) is 0 Å². The number of halogens is 3. The summed E-state index contributed by atoms with van der Waals surface area (Å²) in [4.78, 5) is 41.4. The second-order valence-corrected chi connectivity index (χ2v) is 7.99. The van der Waals surface area contributed by atoms with Gasteiger partial charge in [0.1, 0.15) is 6.04 Å². The topological polar surface area (TPSA) is 60.9 Å². The molecule has 2 aliphatic heterocycles. The summed E-state index contributed by atoms with van der Waals surface area (Å²) in [6, 6.07) is -0.515. The van der Waals surface area contributed by atoms with Crippen molar-refractivity contribution in [2.75, 3.05) is 32.7 Å². The molecule has 0 bridgehead atoms. The van der Waals surface area contributed by atoms with E-state index in [1.165, 1.54) is 4.90 Å². The molecule has 0 N–H and O–H groups in total. The summed E-state index contributed by atoms with van der Waals surface area (Å²) in [7, 11) is 0. The van der Waals surface area contributed by atoms with Crippen LogP contribution < -0.4 is 0 Å². The number of carbonyl (C=O) groups is 3. The fourth-order valence-corrected chi connectivity index (χ4v) is 4.60. The maximum absolute atomic E-state index is 13.0. The second kappa shape index (κ2) is 8.69. The molecule has 9 heteroatoms. The molecule has 2 heterocycles. The highest BCUT2D eigenvalue weighted by atomic mass is 19.4. The van der Waals surface area contributed by atoms with E-state index in [-0.39, 0.29) is 37.4 Å². The van der Waals surface area contributed by atoms with Crippen molar-refractivity contribution < 1.29 is 27.6 Å². The second-order valence-electron chi connectivity index (χ2n) is 7.99. The summed E-state index contributed by atoms with van der Waals surface area (Å²) < 4.78 is 38.0. The fourth-order valence-electron chi connectivity index (χ4n) is 4.60. The summed E-state index contributed by atoms with van der Waals surface area (Å²) in [5.41, 5.74) is 0. The van der Waals surface area contributed by atoms with Crippen LogP contribution in [0.4, 0.5) is 13.2 Å². The van der Waals surface area contributed by atoms with Crippen molar-refractivity contribution in [3.63, 3.8) is 0 Å². The Kier molecular flexibility index (Phi) is 6.50. The van der Waals surface area contributed by atoms with Gasteiger partial charge in [0.05, 0.1) is 0 Å². The van der Waals surface area contributed by atoms with E-state index in [1.807, 2.05) is 0 Å². The average molecular weight is 403 g/mol. The highest BCUT2D eigenvalue weighted by molar-refractivity contribution is 5.89. The summed E-state index contributed by atoms with van der Waals surface area (Å²) in [5, 5.41) is 0. The highest BCUT2D eigenvalue weighted by Crippen LogP contribution is 2.29. The largest absolute Gasteiger partial charge is 0.471 e. The number of likely N-dealkylation sites (tertiary alicyclic amines) is 1. The number of hydrogen-bond donors (Lipinski definition) is 0. The van der Waals surface area contributed by atoms with Crippen molar-refractivity contribution >= 4 is 17.7 Å². The molecule has 3 fully saturated rings. The van der Waals surface area contributed by atoms with Crippen LogP contribution in [0, 0.1) is 5.92 Å². The normalized spacial score (nSPS) is 25.0. The van der Waals surface area contributed by atoms with Crippen molar-refractivity contribution in [1.82, 2.24) is 14.7 Å². The average Bonchev–Trinajstić information content (AvgIpc) is 3.04. The van der Waals surface area contributed by atoms with Crippen LogP contribution in [0.5, 0.6) is 0 Å². The molecule has 0 aromatic heterocycles. The van der Waals surface area contributed by atoms with E-state index < -0.39 is 18.1 Å². The first-order valence-corrected chi connectivity index (χ1v) is 10.2. The molecule has 3 amide bonds. The Labute approximate surface area is 163 Å². The van der Waals surface area contributed by atoms with Crippen LogP contribution in [0.2, 0.25) is 0 Å². The van der Waals surface area contributed by atoms with Crippen LogP contribution >= 0.6 is 0 Å². The standard InChI is InChI=1S/C19H28F3N3O3/c20-19(21,22)18(28)24-10-5-9-23(12-13-24)17(27)15-8-4-11-25(15)16(26)14-6-2-1-3-7-14/h14-15H,1-13H2. The molecule has 1 atom stereocenters. The number of alkyl halides is 3. The van der Waals surface area contributed by atoms with Gasteiger partial charge in [-0.2, -0.15) is 13.2 Å². The van der Waals surface area contributed by atoms with Gasteiger partial charge in [0, 0.05) is 38.6 Å². The van der Waals surface area contributed by atoms with E-state index in [9.17, 15) is 27.6 Å². The third-order valence-electron chi connectivity index (χ3n) is 6.11. The molecule has 6 nitrogen and oxygen atoms in total. The lowest BCUT2D eigenvalue weighted by Crippen LogP contribution is -2.50. The summed E-state index contributed by atoms with van der Waals surface area (Å²) in [5.74, 6) is -2.00. The predicted molar refractivity (Wildman–Crippen MR) is 95.1 cm³/mol. The van der Waals surface area contributed by atoms with Gasteiger partial charge in [-0.25, -0.2) is 0 Å². The van der Waals surface area contributed by atoms with E-state index in [0.29, 0.717) is 25.9 Å². The Morgan fingerprint density at radius 1 is 0.679 bits per heavy atom. The van der Waals surface area contributed by atoms with Gasteiger partial charge in [0.25, 0.3) is 0 Å². The molecule has 0 aromatic rings. The van der Waals surface area contributed by atoms with Crippen LogP contribution in [-0.4, -0.2) is 77.4 Å². The van der Waals surface area contributed by atoms with E-state index in [0.717, 1.165) is 43.4 Å². The lowest BCUT2D eigenvalue weighted by atomic mass is 9.88. The number of rotatable bonds is 2. The van der Waals surface area contributed by atoms with Gasteiger partial charge in [-0.05, 0) is 32.1 Å². The molecule has 3 rings (SSSR count). The summed E-state index contributed by atoms with van der Waals surface area (Å²) in [6.45, 7) is 0.800. The maximum Gasteiger partial charge on any atom is 0.471 e. The Balaban J connectivity index is 1.61. The maximum atomic E-state index is 13.0. The Hall–Kier alpha value is -1.80. The zero-order chi connectivity index (χ0) is 20.3. The third kappa shape index (κ3) is 4.60. The minimum Gasteiger partial charge on any atom is -0.339 e. The van der Waals surface area contributed by atoms with Crippen molar-refractivity contribution in [3.8, 4) is 0 Å². The fraction of sp³-hybridized carbons (Fsp3) is 0.842. The van der Waals surface area contributed by atoms with Gasteiger partial charge in [0.2, 0.25) is 11.8 Å². The zero-order valence-electron chi connectivity index (χ0n) is 16.0. The monoisotopic (exact) mass is 403 g/mol. The predicted octanol–water partition coefficient (Wildman–Crippen LogP) is 2.18. The van der Waals surface area contributed by atoms with Crippen LogP contribution in [0.15, 0.2) is 0 Å². The van der Waals surface area contributed by atoms with Crippen molar-refractivity contribution in [1.29, 1.82) is 0 Å². The van der Waals surface area contributed by atoms with Crippen LogP contribution in [0.25, 0.3) is 0 Å². The molecular formula is C19H28F3N3O3. The van der Waals surface area contributed by atoms with Gasteiger partial charge < -0.3 is 14.7 Å². The van der Waals surface area contributed by atoms with Gasteiger partial charge >= 0.3 is 12.1 Å². The molecule has 1 aliphatic carbocycles. The van der Waals surface area contributed by atoms with Gasteiger partial charge in [-0.3, -0.25) is 14.4 Å². The Morgan fingerprint density at radius 3 is 2.00 bits per heavy atom. The summed E-state index contributed by atoms with van der Waals surface area (Å²) in [6.07, 6.45) is 1.73. The van der Waals surface area contributed by atoms with E-state index in [4.69, 9.17) is 0 Å². The molecule has 0 aromatic carbocycles. The quantitative estimate of drug-likeness (QED) is 0.710. The molecule has 158 valence electrons. The van der Waals surface area contributed by atoms with E-state index in [2.05, 4.69) is 0 Å². The highest BCUT2D eigenvalue weighted by Gasteiger charge is 2.44. The zero-order valence-corrected chi connectivity index (χ0v) is 16.0. The van der Waals surface area contributed by atoms with Crippen LogP contribution in [0.3, 0.4) is 0 Å². The molecular weight excluding hydrogens is 375 g/mol. The van der Waals surface area contributed by atoms with Crippen molar-refractivity contribution in [2.45, 2.75) is 63.6 Å². The van der Waals surface area contributed by atoms with Crippen molar-refractivity contribution in [2.24, 2.45) is 5.92 Å². The summed E-state index contributed by atoms with van der Waals surface area (Å²) >= 11 is 0. The molecule has 0 spiro atoms. The molecule has 28 heavy (non-hydrogen) atoms. The molecule has 2 saturated heterocycles. The van der Waals surface area contributed by atoms with Crippen LogP contribution in [-0.2, 0) is 14.4 Å². The first-order valence-electron chi connectivity index (χ1n) is 10.2. The SMILES string of the molecule is O=C(C1CCCN1C(=O)C1CCCCC1)N1CCCN(C(=O)C(F)(F)F)CC1. The number of carbonyl (C=O) groups excluding carboxylic acids is 3. The van der Waals surface area contributed by atoms with Gasteiger partial charge in [-0.1, -0.05) is 19.3 Å². The molecule has 0 radical (unpaired) electrons. The number of amides is 3. The lowest BCUT2D eigenvalue weighted by molar-refractivity contribution is -0.185. The Bertz CT molecular complexity index is 605. The van der Waals surface area contributed by atoms with E-state index >= 15 is 0 Å². The van der Waals surface area contributed by atoms with Crippen LogP contribution in [0.1, 0.15) is 51.4 Å². The first kappa shape index (κ1) is 20.9. The third-order valence-corrected chi connectivity index (χ3v) is 6.11. The smallest absolute Gasteiger partial charge is 0.339 e. The Morgan fingerprint density at radius 2 is 1.32 bits per heavy atom. The molecule has 1 saturated carbocycles. The number of nitrogens with zero attached hydrogens (tertiary/aromatic N) is 3. The molecule has 3 aliphatic rings. The van der Waals surface area contributed by atoms with E-state index in [1.54, 1.807) is 4.90 Å². The molecule has 1 unspecified atom stereocenters. The van der Waals surface area contributed by atoms with Gasteiger partial charge in [-0.15, -0.1) is 0 Å². The van der Waals surface area contributed by atoms with Crippen molar-refractivity contribution in [3.05, 3.63) is 0 Å². The minimum atomic E-state index is -4.89. The lowest BCUT2D eigenvalue weighted by Gasteiger charge is -2.33. The number of hydrogen-bond acceptors (Lipinski definition) is 3. The minimum absolute atomic E-state index is 0.00816. The first-order chi connectivity index (χ1) is 13.3.